The second-order valence-electron chi connectivity index (χ2n) is 4.03. The van der Waals surface area contributed by atoms with Gasteiger partial charge in [-0.1, -0.05) is 25.4 Å². The number of halogens is 3. The molecule has 0 spiro atoms. The number of ether oxygens (including phenoxy) is 1. The van der Waals surface area contributed by atoms with Crippen molar-refractivity contribution in [2.24, 2.45) is 0 Å². The molecule has 0 heterocycles. The first kappa shape index (κ1) is 18.6. The van der Waals surface area contributed by atoms with Gasteiger partial charge >= 0.3 is 0 Å². The Morgan fingerprint density at radius 3 is 2.41 bits per heavy atom. The standard InChI is InChI=1S/C14H12ClF2NOS.C2H6/c1-8-11(16)4-5-12(14(8)17)18-20-9-3-6-13(19-2)10(15)7-9;1-2/h3-7,18H,1-2H3;1-2H3. The van der Waals surface area contributed by atoms with Gasteiger partial charge in [0.15, 0.2) is 5.82 Å². The Kier molecular flexibility index (Phi) is 7.48. The second kappa shape index (κ2) is 8.86. The molecule has 2 aromatic carbocycles. The highest BCUT2D eigenvalue weighted by molar-refractivity contribution is 8.00. The lowest BCUT2D eigenvalue weighted by Gasteiger charge is -2.10. The van der Waals surface area contributed by atoms with Crippen LogP contribution in [0.5, 0.6) is 5.75 Å². The third-order valence-electron chi connectivity index (χ3n) is 2.72. The lowest BCUT2D eigenvalue weighted by atomic mass is 10.2. The smallest absolute Gasteiger partial charge is 0.152 e. The fourth-order valence-corrected chi connectivity index (χ4v) is 2.59. The Hall–Kier alpha value is -1.46. The van der Waals surface area contributed by atoms with Gasteiger partial charge in [-0.3, -0.25) is 0 Å². The molecule has 0 aliphatic heterocycles. The minimum Gasteiger partial charge on any atom is -0.495 e. The summed E-state index contributed by atoms with van der Waals surface area (Å²) in [7, 11) is 1.53. The number of hydrogen-bond acceptors (Lipinski definition) is 3. The SMILES string of the molecule is CC.COc1ccc(SNc2ccc(F)c(C)c2F)cc1Cl. The van der Waals surface area contributed by atoms with Crippen LogP contribution in [0.2, 0.25) is 5.02 Å². The topological polar surface area (TPSA) is 21.3 Å². The van der Waals surface area contributed by atoms with E-state index in [-0.39, 0.29) is 11.3 Å². The highest BCUT2D eigenvalue weighted by Crippen LogP contribution is 2.31. The molecule has 2 rings (SSSR count). The van der Waals surface area contributed by atoms with Crippen LogP contribution in [0.3, 0.4) is 0 Å². The van der Waals surface area contributed by atoms with Crippen molar-refractivity contribution in [1.29, 1.82) is 0 Å². The van der Waals surface area contributed by atoms with Gasteiger partial charge < -0.3 is 9.46 Å². The van der Waals surface area contributed by atoms with Crippen molar-refractivity contribution in [3.8, 4) is 5.75 Å². The molecule has 0 aromatic heterocycles. The molecular weight excluding hydrogens is 328 g/mol. The van der Waals surface area contributed by atoms with E-state index >= 15 is 0 Å². The summed E-state index contributed by atoms with van der Waals surface area (Å²) in [5, 5.41) is 0.468. The molecule has 2 aromatic rings. The Labute approximate surface area is 139 Å². The maximum Gasteiger partial charge on any atom is 0.152 e. The number of nitrogens with one attached hydrogen (secondary N) is 1. The molecule has 0 saturated carbocycles. The van der Waals surface area contributed by atoms with Crippen molar-refractivity contribution < 1.29 is 13.5 Å². The van der Waals surface area contributed by atoms with Crippen LogP contribution in [-0.2, 0) is 0 Å². The summed E-state index contributed by atoms with van der Waals surface area (Å²) < 4.78 is 34.8. The molecule has 6 heteroatoms. The lowest BCUT2D eigenvalue weighted by Crippen LogP contribution is -1.96. The van der Waals surface area contributed by atoms with Gasteiger partial charge in [-0.2, -0.15) is 0 Å². The van der Waals surface area contributed by atoms with Crippen molar-refractivity contribution in [2.75, 3.05) is 11.8 Å². The van der Waals surface area contributed by atoms with E-state index in [9.17, 15) is 8.78 Å². The lowest BCUT2D eigenvalue weighted by molar-refractivity contribution is 0.414. The molecule has 0 fully saturated rings. The molecule has 0 unspecified atom stereocenters. The van der Waals surface area contributed by atoms with Crippen molar-refractivity contribution in [3.05, 3.63) is 52.6 Å². The van der Waals surface area contributed by atoms with Crippen LogP contribution in [0.4, 0.5) is 14.5 Å². The maximum atomic E-state index is 13.8. The van der Waals surface area contributed by atoms with Crippen LogP contribution in [0.1, 0.15) is 19.4 Å². The second-order valence-corrected chi connectivity index (χ2v) is 5.32. The van der Waals surface area contributed by atoms with Gasteiger partial charge in [0.1, 0.15) is 11.6 Å². The van der Waals surface area contributed by atoms with E-state index in [1.807, 2.05) is 13.8 Å². The zero-order chi connectivity index (χ0) is 16.7. The summed E-state index contributed by atoms with van der Waals surface area (Å²) in [5.41, 5.74) is 0.212. The van der Waals surface area contributed by atoms with Gasteiger partial charge in [0.2, 0.25) is 0 Å². The van der Waals surface area contributed by atoms with E-state index in [1.165, 1.54) is 38.1 Å². The van der Waals surface area contributed by atoms with Crippen molar-refractivity contribution in [2.45, 2.75) is 25.7 Å². The Morgan fingerprint density at radius 1 is 1.14 bits per heavy atom. The van der Waals surface area contributed by atoms with Crippen LogP contribution in [0.15, 0.2) is 35.2 Å². The minimum absolute atomic E-state index is 0.0108. The number of hydrogen-bond donors (Lipinski definition) is 1. The summed E-state index contributed by atoms with van der Waals surface area (Å²) in [5.74, 6) is -0.595. The first-order valence-electron chi connectivity index (χ1n) is 6.74. The number of methoxy groups -OCH3 is 1. The molecular formula is C16H18ClF2NOS. The van der Waals surface area contributed by atoms with Crippen LogP contribution in [0, 0.1) is 18.6 Å². The fourth-order valence-electron chi connectivity index (χ4n) is 1.56. The zero-order valence-electron chi connectivity index (χ0n) is 12.8. The maximum absolute atomic E-state index is 13.8. The van der Waals surface area contributed by atoms with Crippen molar-refractivity contribution in [1.82, 2.24) is 0 Å². The summed E-state index contributed by atoms with van der Waals surface area (Å²) in [6.45, 7) is 5.39. The summed E-state index contributed by atoms with van der Waals surface area (Å²) in [4.78, 5) is 0.789. The highest BCUT2D eigenvalue weighted by atomic mass is 35.5. The average Bonchev–Trinajstić information content (AvgIpc) is 2.54. The summed E-state index contributed by atoms with van der Waals surface area (Å²) >= 11 is 7.18. The van der Waals surface area contributed by atoms with E-state index < -0.39 is 11.6 Å². The average molecular weight is 346 g/mol. The van der Waals surface area contributed by atoms with Crippen LogP contribution >= 0.6 is 23.5 Å². The number of benzene rings is 2. The monoisotopic (exact) mass is 345 g/mol. The van der Waals surface area contributed by atoms with Crippen LogP contribution in [-0.4, -0.2) is 7.11 Å². The van der Waals surface area contributed by atoms with E-state index in [0.717, 1.165) is 4.90 Å². The normalized spacial score (nSPS) is 9.77. The summed E-state index contributed by atoms with van der Waals surface area (Å²) in [6.07, 6.45) is 0. The highest BCUT2D eigenvalue weighted by Gasteiger charge is 2.10. The van der Waals surface area contributed by atoms with Gasteiger partial charge in [0.05, 0.1) is 17.8 Å². The molecule has 120 valence electrons. The molecule has 0 aliphatic rings. The first-order valence-corrected chi connectivity index (χ1v) is 7.93. The van der Waals surface area contributed by atoms with Gasteiger partial charge in [0, 0.05) is 10.5 Å². The fraction of sp³-hybridized carbons (Fsp3) is 0.250. The van der Waals surface area contributed by atoms with Gasteiger partial charge in [0.25, 0.3) is 0 Å². The molecule has 0 atom stereocenters. The Balaban J connectivity index is 0.00000116. The molecule has 0 amide bonds. The van der Waals surface area contributed by atoms with Gasteiger partial charge in [-0.15, -0.1) is 0 Å². The van der Waals surface area contributed by atoms with Crippen molar-refractivity contribution in [3.63, 3.8) is 0 Å². The molecule has 2 nitrogen and oxygen atoms in total. The Morgan fingerprint density at radius 2 is 1.82 bits per heavy atom. The van der Waals surface area contributed by atoms with E-state index in [2.05, 4.69) is 4.72 Å². The first-order chi connectivity index (χ1) is 10.5. The predicted molar refractivity (Wildman–Crippen MR) is 89.9 cm³/mol. The van der Waals surface area contributed by atoms with Crippen LogP contribution < -0.4 is 9.46 Å². The largest absolute Gasteiger partial charge is 0.495 e. The Bertz CT molecular complexity index is 638. The molecule has 0 radical (unpaired) electrons. The third-order valence-corrected chi connectivity index (χ3v) is 3.83. The molecule has 0 saturated heterocycles. The van der Waals surface area contributed by atoms with Crippen molar-refractivity contribution >= 4 is 29.2 Å². The number of anilines is 1. The quantitative estimate of drug-likeness (QED) is 0.678. The van der Waals surface area contributed by atoms with Gasteiger partial charge in [-0.25, -0.2) is 8.78 Å². The van der Waals surface area contributed by atoms with E-state index in [1.54, 1.807) is 18.2 Å². The molecule has 0 aliphatic carbocycles. The zero-order valence-corrected chi connectivity index (χ0v) is 14.4. The third kappa shape index (κ3) is 4.52. The predicted octanol–water partition coefficient (Wildman–Crippen LogP) is 6.08. The minimum atomic E-state index is -0.600. The molecule has 22 heavy (non-hydrogen) atoms. The van der Waals surface area contributed by atoms with E-state index in [4.69, 9.17) is 16.3 Å². The number of rotatable bonds is 4. The summed E-state index contributed by atoms with van der Waals surface area (Å²) in [6, 6.07) is 7.79. The molecule has 1 N–H and O–H groups in total. The van der Waals surface area contributed by atoms with E-state index in [0.29, 0.717) is 10.8 Å². The van der Waals surface area contributed by atoms with Gasteiger partial charge in [-0.05, 0) is 49.2 Å². The molecule has 0 bridgehead atoms. The van der Waals surface area contributed by atoms with Crippen LogP contribution in [0.25, 0.3) is 0 Å².